The quantitative estimate of drug-likeness (QED) is 0.735. The van der Waals surface area contributed by atoms with Crippen LogP contribution in [0.1, 0.15) is 11.1 Å². The van der Waals surface area contributed by atoms with E-state index in [0.717, 1.165) is 25.1 Å². The second kappa shape index (κ2) is 4.07. The average molecular weight is 194 g/mol. The molecule has 2 nitrogen and oxygen atoms in total. The van der Waals surface area contributed by atoms with Crippen molar-refractivity contribution in [1.29, 1.82) is 0 Å². The van der Waals surface area contributed by atoms with Crippen LogP contribution in [0.15, 0.2) is 18.2 Å². The molecule has 0 radical (unpaired) electrons. The van der Waals surface area contributed by atoms with Crippen molar-refractivity contribution in [3.63, 3.8) is 0 Å². The molecule has 1 aliphatic rings. The van der Waals surface area contributed by atoms with Gasteiger partial charge in [0.05, 0.1) is 0 Å². The first-order chi connectivity index (χ1) is 6.79. The molecule has 76 valence electrons. The highest BCUT2D eigenvalue weighted by Crippen LogP contribution is 2.17. The first-order valence-corrected chi connectivity index (χ1v) is 4.95. The van der Waals surface area contributed by atoms with E-state index in [4.69, 9.17) is 0 Å². The predicted octanol–water partition coefficient (Wildman–Crippen LogP) is 1.06. The van der Waals surface area contributed by atoms with E-state index >= 15 is 0 Å². The molecular weight excluding hydrogens is 179 g/mol. The Bertz CT molecular complexity index is 325. The lowest BCUT2D eigenvalue weighted by Crippen LogP contribution is -2.42. The Morgan fingerprint density at radius 1 is 1.50 bits per heavy atom. The Morgan fingerprint density at radius 2 is 2.36 bits per heavy atom. The summed E-state index contributed by atoms with van der Waals surface area (Å²) in [7, 11) is 1.93. The zero-order chi connectivity index (χ0) is 9.97. The molecule has 0 spiro atoms. The fourth-order valence-corrected chi connectivity index (χ4v) is 1.94. The average Bonchev–Trinajstić information content (AvgIpc) is 2.17. The molecule has 0 aliphatic carbocycles. The molecule has 0 amide bonds. The summed E-state index contributed by atoms with van der Waals surface area (Å²) in [4.78, 5) is 0. The highest BCUT2D eigenvalue weighted by Gasteiger charge is 2.17. The van der Waals surface area contributed by atoms with Crippen molar-refractivity contribution < 1.29 is 4.39 Å². The molecular formula is C11H15FN2. The van der Waals surface area contributed by atoms with Crippen LogP contribution in [0.2, 0.25) is 0 Å². The SMILES string of the molecule is CNCC1Cc2cc(F)ccc2CN1. The summed E-state index contributed by atoms with van der Waals surface area (Å²) in [6.07, 6.45) is 0.911. The zero-order valence-corrected chi connectivity index (χ0v) is 8.31. The van der Waals surface area contributed by atoms with Crippen LogP contribution in [0.4, 0.5) is 4.39 Å². The molecule has 2 N–H and O–H groups in total. The van der Waals surface area contributed by atoms with Crippen molar-refractivity contribution in [3.8, 4) is 0 Å². The maximum absolute atomic E-state index is 13.0. The minimum absolute atomic E-state index is 0.131. The van der Waals surface area contributed by atoms with Crippen LogP contribution < -0.4 is 10.6 Å². The summed E-state index contributed by atoms with van der Waals surface area (Å²) in [5, 5.41) is 6.54. The standard InChI is InChI=1S/C11H15FN2/c1-13-7-11-5-9-4-10(12)3-2-8(9)6-14-11/h2-4,11,13-14H,5-7H2,1H3. The van der Waals surface area contributed by atoms with Gasteiger partial charge in [0.2, 0.25) is 0 Å². The third-order valence-corrected chi connectivity index (χ3v) is 2.67. The predicted molar refractivity (Wildman–Crippen MR) is 54.7 cm³/mol. The minimum atomic E-state index is -0.131. The largest absolute Gasteiger partial charge is 0.318 e. The van der Waals surface area contributed by atoms with Gasteiger partial charge in [-0.3, -0.25) is 0 Å². The number of halogens is 1. The van der Waals surface area contributed by atoms with Crippen LogP contribution in [0.5, 0.6) is 0 Å². The fourth-order valence-electron chi connectivity index (χ4n) is 1.94. The van der Waals surface area contributed by atoms with E-state index in [9.17, 15) is 4.39 Å². The Labute approximate surface area is 83.5 Å². The van der Waals surface area contributed by atoms with Crippen molar-refractivity contribution >= 4 is 0 Å². The summed E-state index contributed by atoms with van der Waals surface area (Å²) in [6, 6.07) is 5.47. The number of hydrogen-bond acceptors (Lipinski definition) is 2. The van der Waals surface area contributed by atoms with Gasteiger partial charge in [0.15, 0.2) is 0 Å². The minimum Gasteiger partial charge on any atom is -0.318 e. The van der Waals surface area contributed by atoms with Crippen LogP contribution >= 0.6 is 0 Å². The third-order valence-electron chi connectivity index (χ3n) is 2.67. The summed E-state index contributed by atoms with van der Waals surface area (Å²) < 4.78 is 13.0. The Hall–Kier alpha value is -0.930. The van der Waals surface area contributed by atoms with E-state index < -0.39 is 0 Å². The molecule has 14 heavy (non-hydrogen) atoms. The van der Waals surface area contributed by atoms with Crippen LogP contribution in [0.25, 0.3) is 0 Å². The van der Waals surface area contributed by atoms with Gasteiger partial charge in [-0.15, -0.1) is 0 Å². The van der Waals surface area contributed by atoms with Crippen LogP contribution in [-0.2, 0) is 13.0 Å². The van der Waals surface area contributed by atoms with E-state index in [2.05, 4.69) is 10.6 Å². The zero-order valence-electron chi connectivity index (χ0n) is 8.31. The van der Waals surface area contributed by atoms with Gasteiger partial charge in [-0.2, -0.15) is 0 Å². The Kier molecular flexibility index (Phi) is 2.79. The van der Waals surface area contributed by atoms with Gasteiger partial charge in [0.25, 0.3) is 0 Å². The number of nitrogens with one attached hydrogen (secondary N) is 2. The summed E-state index contributed by atoms with van der Waals surface area (Å²) in [5.41, 5.74) is 2.36. The number of fused-ring (bicyclic) bond motifs is 1. The monoisotopic (exact) mass is 194 g/mol. The van der Waals surface area contributed by atoms with Gasteiger partial charge < -0.3 is 10.6 Å². The van der Waals surface area contributed by atoms with Gasteiger partial charge in [0.1, 0.15) is 5.82 Å². The Morgan fingerprint density at radius 3 is 3.14 bits per heavy atom. The molecule has 0 saturated heterocycles. The maximum atomic E-state index is 13.0. The molecule has 0 aromatic heterocycles. The van der Waals surface area contributed by atoms with Gasteiger partial charge in [-0.1, -0.05) is 6.07 Å². The molecule has 1 heterocycles. The second-order valence-electron chi connectivity index (χ2n) is 3.75. The van der Waals surface area contributed by atoms with E-state index in [1.807, 2.05) is 13.1 Å². The van der Waals surface area contributed by atoms with Crippen LogP contribution in [-0.4, -0.2) is 19.6 Å². The van der Waals surface area contributed by atoms with Crippen molar-refractivity contribution in [2.45, 2.75) is 19.0 Å². The van der Waals surface area contributed by atoms with Gasteiger partial charge in [0, 0.05) is 19.1 Å². The van der Waals surface area contributed by atoms with E-state index in [-0.39, 0.29) is 5.82 Å². The first-order valence-electron chi connectivity index (χ1n) is 4.95. The lowest BCUT2D eigenvalue weighted by molar-refractivity contribution is 0.460. The molecule has 1 aromatic carbocycles. The topological polar surface area (TPSA) is 24.1 Å². The molecule has 1 atom stereocenters. The highest BCUT2D eigenvalue weighted by molar-refractivity contribution is 5.30. The maximum Gasteiger partial charge on any atom is 0.123 e. The second-order valence-corrected chi connectivity index (χ2v) is 3.75. The van der Waals surface area contributed by atoms with Crippen molar-refractivity contribution in [2.75, 3.05) is 13.6 Å². The molecule has 0 saturated carbocycles. The van der Waals surface area contributed by atoms with E-state index in [1.165, 1.54) is 11.6 Å². The third kappa shape index (κ3) is 1.94. The van der Waals surface area contributed by atoms with Crippen molar-refractivity contribution in [1.82, 2.24) is 10.6 Å². The van der Waals surface area contributed by atoms with Gasteiger partial charge in [-0.25, -0.2) is 4.39 Å². The van der Waals surface area contributed by atoms with Crippen LogP contribution in [0, 0.1) is 5.82 Å². The number of benzene rings is 1. The fraction of sp³-hybridized carbons (Fsp3) is 0.455. The van der Waals surface area contributed by atoms with E-state index in [1.54, 1.807) is 6.07 Å². The normalized spacial score (nSPS) is 20.6. The number of hydrogen-bond donors (Lipinski definition) is 2. The lowest BCUT2D eigenvalue weighted by atomic mass is 9.96. The smallest absolute Gasteiger partial charge is 0.123 e. The molecule has 2 rings (SSSR count). The molecule has 0 fully saturated rings. The van der Waals surface area contributed by atoms with Crippen LogP contribution in [0.3, 0.4) is 0 Å². The molecule has 1 aliphatic heterocycles. The first kappa shape index (κ1) is 9.62. The number of rotatable bonds is 2. The van der Waals surface area contributed by atoms with Gasteiger partial charge >= 0.3 is 0 Å². The van der Waals surface area contributed by atoms with E-state index in [0.29, 0.717) is 6.04 Å². The molecule has 1 aromatic rings. The summed E-state index contributed by atoms with van der Waals surface area (Å²) in [5.74, 6) is -0.131. The lowest BCUT2D eigenvalue weighted by Gasteiger charge is -2.25. The molecule has 3 heteroatoms. The summed E-state index contributed by atoms with van der Waals surface area (Å²) >= 11 is 0. The molecule has 0 bridgehead atoms. The number of likely N-dealkylation sites (N-methyl/N-ethyl adjacent to an activating group) is 1. The van der Waals surface area contributed by atoms with Crippen molar-refractivity contribution in [2.24, 2.45) is 0 Å². The van der Waals surface area contributed by atoms with Crippen molar-refractivity contribution in [3.05, 3.63) is 35.1 Å². The Balaban J connectivity index is 2.16. The van der Waals surface area contributed by atoms with Gasteiger partial charge in [-0.05, 0) is 36.7 Å². The highest BCUT2D eigenvalue weighted by atomic mass is 19.1. The summed E-state index contributed by atoms with van der Waals surface area (Å²) in [6.45, 7) is 1.78. The molecule has 1 unspecified atom stereocenters.